The molecule has 0 aliphatic heterocycles. The molecule has 3 aromatic rings. The van der Waals surface area contributed by atoms with E-state index in [0.29, 0.717) is 5.41 Å². The highest BCUT2D eigenvalue weighted by molar-refractivity contribution is 5.90. The molecule has 148 valence electrons. The molecular weight excluding hydrogens is 362 g/mol. The van der Waals surface area contributed by atoms with Crippen LogP contribution in [-0.4, -0.2) is 0 Å². The number of benzene rings is 3. The molecule has 6 aliphatic rings. The van der Waals surface area contributed by atoms with Crippen LogP contribution in [0.1, 0.15) is 43.2 Å². The van der Waals surface area contributed by atoms with Crippen molar-refractivity contribution in [2.24, 2.45) is 29.1 Å². The second-order valence-electron chi connectivity index (χ2n) is 10.9. The Morgan fingerprint density at radius 2 is 1.60 bits per heavy atom. The number of fused-ring (bicyclic) bond motifs is 7. The zero-order chi connectivity index (χ0) is 19.7. The summed E-state index contributed by atoms with van der Waals surface area (Å²) in [6.45, 7) is 0. The number of hydrogen-bond acceptors (Lipinski definition) is 1. The molecule has 5 fully saturated rings. The molecule has 1 heteroatoms. The molecule has 9 rings (SSSR count). The van der Waals surface area contributed by atoms with Gasteiger partial charge in [0.2, 0.25) is 0 Å². The van der Waals surface area contributed by atoms with E-state index in [1.165, 1.54) is 54.4 Å². The van der Waals surface area contributed by atoms with E-state index in [1.54, 1.807) is 11.1 Å². The Morgan fingerprint density at radius 1 is 0.767 bits per heavy atom. The maximum absolute atomic E-state index is 6.77. The Labute approximate surface area is 178 Å². The summed E-state index contributed by atoms with van der Waals surface area (Å²) in [4.78, 5) is 0. The summed E-state index contributed by atoms with van der Waals surface area (Å²) in [7, 11) is 0. The molecule has 0 aromatic heterocycles. The van der Waals surface area contributed by atoms with E-state index in [2.05, 4.69) is 66.7 Å². The van der Waals surface area contributed by atoms with Crippen molar-refractivity contribution in [3.8, 4) is 22.3 Å². The average molecular weight is 390 g/mol. The second-order valence-corrected chi connectivity index (χ2v) is 10.9. The first-order chi connectivity index (χ1) is 14.7. The van der Waals surface area contributed by atoms with Crippen LogP contribution in [0, 0.1) is 29.1 Å². The van der Waals surface area contributed by atoms with Crippen molar-refractivity contribution in [1.82, 2.24) is 0 Å². The lowest BCUT2D eigenvalue weighted by molar-refractivity contribution is -0.229. The Morgan fingerprint density at radius 3 is 2.50 bits per heavy atom. The number of anilines is 1. The van der Waals surface area contributed by atoms with Gasteiger partial charge in [0.05, 0.1) is 0 Å². The van der Waals surface area contributed by atoms with Gasteiger partial charge in [-0.05, 0) is 94.7 Å². The van der Waals surface area contributed by atoms with Gasteiger partial charge in [-0.3, -0.25) is 0 Å². The van der Waals surface area contributed by atoms with Crippen LogP contribution < -0.4 is 5.73 Å². The first kappa shape index (κ1) is 16.2. The van der Waals surface area contributed by atoms with E-state index in [-0.39, 0.29) is 5.41 Å². The van der Waals surface area contributed by atoms with Crippen LogP contribution in [-0.2, 0) is 5.41 Å². The summed E-state index contributed by atoms with van der Waals surface area (Å²) >= 11 is 0. The van der Waals surface area contributed by atoms with Crippen molar-refractivity contribution >= 4 is 5.69 Å². The van der Waals surface area contributed by atoms with E-state index in [1.807, 2.05) is 0 Å². The van der Waals surface area contributed by atoms with Gasteiger partial charge < -0.3 is 5.73 Å². The zero-order valence-corrected chi connectivity index (χ0v) is 17.3. The largest absolute Gasteiger partial charge is 0.398 e. The fourth-order valence-corrected chi connectivity index (χ4v) is 9.45. The van der Waals surface area contributed by atoms with Crippen LogP contribution in [0.15, 0.2) is 66.7 Å². The quantitative estimate of drug-likeness (QED) is 0.463. The molecule has 3 aromatic carbocycles. The number of rotatable bonds is 1. The summed E-state index contributed by atoms with van der Waals surface area (Å²) in [6, 6.07) is 24.8. The van der Waals surface area contributed by atoms with E-state index < -0.39 is 0 Å². The molecule has 2 spiro atoms. The fraction of sp³-hybridized carbons (Fsp3) is 0.379. The predicted molar refractivity (Wildman–Crippen MR) is 122 cm³/mol. The van der Waals surface area contributed by atoms with Gasteiger partial charge in [0.25, 0.3) is 0 Å². The number of nitrogens with two attached hydrogens (primary N) is 1. The molecule has 2 N–H and O–H groups in total. The number of hydrogen-bond donors (Lipinski definition) is 1. The van der Waals surface area contributed by atoms with Crippen LogP contribution in [0.4, 0.5) is 5.69 Å². The first-order valence-electron chi connectivity index (χ1n) is 11.8. The fourth-order valence-electron chi connectivity index (χ4n) is 9.45. The predicted octanol–water partition coefficient (Wildman–Crippen LogP) is 6.66. The van der Waals surface area contributed by atoms with Gasteiger partial charge in [-0.2, -0.15) is 0 Å². The summed E-state index contributed by atoms with van der Waals surface area (Å²) in [5, 5.41) is 0. The lowest BCUT2D eigenvalue weighted by Gasteiger charge is -2.76. The van der Waals surface area contributed by atoms with E-state index in [9.17, 15) is 0 Å². The summed E-state index contributed by atoms with van der Waals surface area (Å²) in [6.07, 6.45) is 7.41. The third kappa shape index (κ3) is 1.54. The van der Waals surface area contributed by atoms with Crippen molar-refractivity contribution in [1.29, 1.82) is 0 Å². The third-order valence-electron chi connectivity index (χ3n) is 10.0. The minimum atomic E-state index is 0.243. The zero-order valence-electron chi connectivity index (χ0n) is 17.3. The Kier molecular flexibility index (Phi) is 2.71. The van der Waals surface area contributed by atoms with Crippen molar-refractivity contribution in [3.05, 3.63) is 77.9 Å². The summed E-state index contributed by atoms with van der Waals surface area (Å²) < 4.78 is 0. The number of nitrogen functional groups attached to an aromatic ring is 1. The standard InChI is InChI=1S/C29H27N/c30-25-14-24-22(13-21(25)18-6-2-1-3-7-18)20-8-4-5-9-23(20)29(24)26-12-17-10-11-19-16-28(26,15-17)27(19)29/h1-9,13-14,17,19,26-27H,10-12,15-16,30H2. The monoisotopic (exact) mass is 389 g/mol. The van der Waals surface area contributed by atoms with Crippen LogP contribution in [0.3, 0.4) is 0 Å². The molecule has 0 amide bonds. The lowest BCUT2D eigenvalue weighted by Crippen LogP contribution is -2.73. The van der Waals surface area contributed by atoms with Gasteiger partial charge in [0.15, 0.2) is 0 Å². The van der Waals surface area contributed by atoms with Crippen LogP contribution >= 0.6 is 0 Å². The van der Waals surface area contributed by atoms with Crippen molar-refractivity contribution < 1.29 is 0 Å². The van der Waals surface area contributed by atoms with Crippen molar-refractivity contribution in [2.75, 3.05) is 5.73 Å². The van der Waals surface area contributed by atoms with Crippen molar-refractivity contribution in [3.63, 3.8) is 0 Å². The second kappa shape index (κ2) is 5.02. The van der Waals surface area contributed by atoms with Crippen LogP contribution in [0.25, 0.3) is 22.3 Å². The molecule has 6 atom stereocenters. The maximum Gasteiger partial charge on any atom is 0.0397 e. The topological polar surface area (TPSA) is 26.0 Å². The van der Waals surface area contributed by atoms with Gasteiger partial charge in [0, 0.05) is 16.7 Å². The highest BCUT2D eigenvalue weighted by atomic mass is 14.9. The van der Waals surface area contributed by atoms with Gasteiger partial charge in [-0.25, -0.2) is 0 Å². The highest BCUT2D eigenvalue weighted by Crippen LogP contribution is 2.87. The normalized spacial score (nSPS) is 38.4. The molecular formula is C29H27N. The molecule has 1 nitrogen and oxygen atoms in total. The van der Waals surface area contributed by atoms with Gasteiger partial charge >= 0.3 is 0 Å². The SMILES string of the molecule is Nc1cc2c(cc1-c1ccccc1)-c1ccccc1C21C2CC3CCC4CC2(C3)C41. The lowest BCUT2D eigenvalue weighted by atomic mass is 9.27. The van der Waals surface area contributed by atoms with E-state index >= 15 is 0 Å². The summed E-state index contributed by atoms with van der Waals surface area (Å²) in [5.41, 5.74) is 17.2. The van der Waals surface area contributed by atoms with Crippen LogP contribution in [0.2, 0.25) is 0 Å². The minimum absolute atomic E-state index is 0.243. The molecule has 0 radical (unpaired) electrons. The molecule has 6 unspecified atom stereocenters. The maximum atomic E-state index is 6.77. The first-order valence-corrected chi connectivity index (χ1v) is 11.8. The molecule has 6 aliphatic carbocycles. The Balaban J connectivity index is 1.41. The van der Waals surface area contributed by atoms with Crippen molar-refractivity contribution in [2.45, 2.75) is 37.5 Å². The molecule has 30 heavy (non-hydrogen) atoms. The van der Waals surface area contributed by atoms with Gasteiger partial charge in [0.1, 0.15) is 0 Å². The van der Waals surface area contributed by atoms with E-state index in [0.717, 1.165) is 29.4 Å². The Hall–Kier alpha value is -2.54. The molecule has 0 heterocycles. The molecule has 0 saturated heterocycles. The van der Waals surface area contributed by atoms with Crippen LogP contribution in [0.5, 0.6) is 0 Å². The molecule has 5 saturated carbocycles. The van der Waals surface area contributed by atoms with E-state index in [4.69, 9.17) is 5.73 Å². The highest BCUT2D eigenvalue weighted by Gasteiger charge is 2.82. The van der Waals surface area contributed by atoms with Gasteiger partial charge in [-0.15, -0.1) is 0 Å². The smallest absolute Gasteiger partial charge is 0.0397 e. The van der Waals surface area contributed by atoms with Gasteiger partial charge in [-0.1, -0.05) is 61.0 Å². The third-order valence-corrected chi connectivity index (χ3v) is 10.0. The minimum Gasteiger partial charge on any atom is -0.398 e. The Bertz CT molecular complexity index is 1230. The average Bonchev–Trinajstić information content (AvgIpc) is 3.10. The molecule has 3 bridgehead atoms. The summed E-state index contributed by atoms with van der Waals surface area (Å²) in [5.74, 6) is 3.59.